The zero-order valence-electron chi connectivity index (χ0n) is 17.1. The molecular formula is C20H40N2O2S2. The van der Waals surface area contributed by atoms with E-state index in [1.165, 1.54) is 44.9 Å². The van der Waals surface area contributed by atoms with Gasteiger partial charge in [-0.25, -0.2) is 4.79 Å². The zero-order valence-corrected chi connectivity index (χ0v) is 18.8. The summed E-state index contributed by atoms with van der Waals surface area (Å²) in [5.74, 6) is 2.05. The molecule has 6 heteroatoms. The lowest BCUT2D eigenvalue weighted by molar-refractivity contribution is 0.142. The van der Waals surface area contributed by atoms with Crippen molar-refractivity contribution in [1.82, 2.24) is 10.2 Å². The quantitative estimate of drug-likeness (QED) is 0.179. The van der Waals surface area contributed by atoms with Crippen molar-refractivity contribution in [3.05, 3.63) is 12.2 Å². The molecular weight excluding hydrogens is 364 g/mol. The van der Waals surface area contributed by atoms with E-state index in [9.17, 15) is 4.79 Å². The van der Waals surface area contributed by atoms with Crippen LogP contribution in [0.5, 0.6) is 0 Å². The Hall–Kier alpha value is -0.330. The predicted molar refractivity (Wildman–Crippen MR) is 119 cm³/mol. The monoisotopic (exact) mass is 404 g/mol. The molecule has 0 spiro atoms. The maximum atomic E-state index is 11.4. The lowest BCUT2D eigenvalue weighted by Gasteiger charge is -2.10. The minimum Gasteiger partial charge on any atom is -0.450 e. The molecule has 0 heterocycles. The summed E-state index contributed by atoms with van der Waals surface area (Å²) in [6.07, 6.45) is 15.8. The molecule has 0 aromatic heterocycles. The number of unbranched alkanes of at least 4 members (excludes halogenated alkanes) is 6. The highest BCUT2D eigenvalue weighted by Gasteiger charge is 2.01. The van der Waals surface area contributed by atoms with Crippen molar-refractivity contribution < 1.29 is 9.53 Å². The molecule has 0 bridgehead atoms. The van der Waals surface area contributed by atoms with E-state index in [0.717, 1.165) is 30.9 Å². The van der Waals surface area contributed by atoms with Gasteiger partial charge in [-0.05, 0) is 39.8 Å². The van der Waals surface area contributed by atoms with Crippen molar-refractivity contribution in [3.8, 4) is 0 Å². The van der Waals surface area contributed by atoms with Crippen LogP contribution in [0, 0.1) is 0 Å². The summed E-state index contributed by atoms with van der Waals surface area (Å²) in [4.78, 5) is 13.5. The molecule has 0 aliphatic carbocycles. The van der Waals surface area contributed by atoms with Crippen LogP contribution in [-0.2, 0) is 4.74 Å². The fourth-order valence-electron chi connectivity index (χ4n) is 2.30. The molecule has 154 valence electrons. The van der Waals surface area contributed by atoms with E-state index in [1.54, 1.807) is 0 Å². The summed E-state index contributed by atoms with van der Waals surface area (Å²) in [5.41, 5.74) is 0. The Kier molecular flexibility index (Phi) is 20.7. The Balaban J connectivity index is 3.21. The number of rotatable bonds is 18. The van der Waals surface area contributed by atoms with Crippen LogP contribution in [0.1, 0.15) is 64.7 Å². The SMILES string of the molecule is CCCCCCCC/C=C\CCSSCCNC(=O)OCCCN(C)C. The predicted octanol–water partition coefficient (Wildman–Crippen LogP) is 5.74. The highest BCUT2D eigenvalue weighted by molar-refractivity contribution is 8.76. The van der Waals surface area contributed by atoms with Gasteiger partial charge in [0.15, 0.2) is 0 Å². The minimum absolute atomic E-state index is 0.299. The van der Waals surface area contributed by atoms with Crippen molar-refractivity contribution >= 4 is 27.7 Å². The fourth-order valence-corrected chi connectivity index (χ4v) is 4.20. The van der Waals surface area contributed by atoms with Crippen molar-refractivity contribution in [1.29, 1.82) is 0 Å². The summed E-state index contributed by atoms with van der Waals surface area (Å²) >= 11 is 0. The van der Waals surface area contributed by atoms with Gasteiger partial charge in [-0.2, -0.15) is 0 Å². The highest BCUT2D eigenvalue weighted by Crippen LogP contribution is 2.21. The maximum Gasteiger partial charge on any atom is 0.407 e. The first-order chi connectivity index (χ1) is 12.7. The van der Waals surface area contributed by atoms with Crippen LogP contribution in [0.25, 0.3) is 0 Å². The molecule has 0 aromatic rings. The molecule has 0 saturated heterocycles. The van der Waals surface area contributed by atoms with Crippen LogP contribution in [0.3, 0.4) is 0 Å². The number of carbonyl (C=O) groups excluding carboxylic acids is 1. The summed E-state index contributed by atoms with van der Waals surface area (Å²) in [7, 11) is 7.72. The number of allylic oxidation sites excluding steroid dienone is 2. The molecule has 0 rings (SSSR count). The zero-order chi connectivity index (χ0) is 19.3. The summed E-state index contributed by atoms with van der Waals surface area (Å²) in [6, 6.07) is 0. The summed E-state index contributed by atoms with van der Waals surface area (Å²) in [5, 5.41) is 2.79. The van der Waals surface area contributed by atoms with Gasteiger partial charge in [0.1, 0.15) is 0 Å². The summed E-state index contributed by atoms with van der Waals surface area (Å²) in [6.45, 7) is 4.35. The Labute approximate surface area is 169 Å². The maximum absolute atomic E-state index is 11.4. The topological polar surface area (TPSA) is 41.6 Å². The fraction of sp³-hybridized carbons (Fsp3) is 0.850. The van der Waals surface area contributed by atoms with Crippen molar-refractivity contribution in [2.75, 3.05) is 45.3 Å². The largest absolute Gasteiger partial charge is 0.450 e. The normalized spacial score (nSPS) is 11.4. The first-order valence-corrected chi connectivity index (χ1v) is 12.6. The van der Waals surface area contributed by atoms with E-state index >= 15 is 0 Å². The molecule has 0 saturated carbocycles. The molecule has 4 nitrogen and oxygen atoms in total. The molecule has 0 aliphatic rings. The average molecular weight is 405 g/mol. The lowest BCUT2D eigenvalue weighted by Crippen LogP contribution is -2.27. The van der Waals surface area contributed by atoms with Gasteiger partial charge in [-0.1, -0.05) is 72.8 Å². The molecule has 0 radical (unpaired) electrons. The van der Waals surface area contributed by atoms with Gasteiger partial charge in [0.2, 0.25) is 0 Å². The Bertz CT molecular complexity index is 340. The van der Waals surface area contributed by atoms with E-state index in [1.807, 2.05) is 35.7 Å². The molecule has 1 amide bonds. The minimum atomic E-state index is -0.299. The Morgan fingerprint density at radius 2 is 1.65 bits per heavy atom. The number of hydrogen-bond donors (Lipinski definition) is 1. The number of nitrogens with zero attached hydrogens (tertiary/aromatic N) is 1. The molecule has 0 fully saturated rings. The Morgan fingerprint density at radius 1 is 0.962 bits per heavy atom. The number of nitrogens with one attached hydrogen (secondary N) is 1. The second-order valence-corrected chi connectivity index (χ2v) is 9.38. The first-order valence-electron chi connectivity index (χ1n) is 10.1. The molecule has 0 unspecified atom stereocenters. The van der Waals surface area contributed by atoms with Gasteiger partial charge >= 0.3 is 6.09 Å². The third-order valence-corrected chi connectivity index (χ3v) is 6.22. The second kappa shape index (κ2) is 21.0. The van der Waals surface area contributed by atoms with E-state index < -0.39 is 0 Å². The number of ether oxygens (including phenoxy) is 1. The third-order valence-electron chi connectivity index (χ3n) is 3.78. The van der Waals surface area contributed by atoms with Gasteiger partial charge in [-0.15, -0.1) is 0 Å². The van der Waals surface area contributed by atoms with E-state index in [4.69, 9.17) is 4.74 Å². The van der Waals surface area contributed by atoms with Gasteiger partial charge in [0, 0.05) is 24.6 Å². The Morgan fingerprint density at radius 3 is 2.42 bits per heavy atom. The second-order valence-electron chi connectivity index (χ2n) is 6.68. The van der Waals surface area contributed by atoms with Gasteiger partial charge in [0.05, 0.1) is 6.61 Å². The molecule has 0 atom stereocenters. The number of amides is 1. The van der Waals surface area contributed by atoms with Crippen molar-refractivity contribution in [3.63, 3.8) is 0 Å². The lowest BCUT2D eigenvalue weighted by atomic mass is 10.1. The molecule has 0 aliphatic heterocycles. The van der Waals surface area contributed by atoms with Crippen molar-refractivity contribution in [2.24, 2.45) is 0 Å². The summed E-state index contributed by atoms with van der Waals surface area (Å²) < 4.78 is 5.11. The van der Waals surface area contributed by atoms with Crippen LogP contribution in [0.2, 0.25) is 0 Å². The van der Waals surface area contributed by atoms with Crippen LogP contribution < -0.4 is 5.32 Å². The third kappa shape index (κ3) is 21.7. The van der Waals surface area contributed by atoms with Gasteiger partial charge in [-0.3, -0.25) is 0 Å². The number of hydrogen-bond acceptors (Lipinski definition) is 5. The molecule has 26 heavy (non-hydrogen) atoms. The van der Waals surface area contributed by atoms with E-state index in [-0.39, 0.29) is 6.09 Å². The average Bonchev–Trinajstić information content (AvgIpc) is 2.62. The molecule has 1 N–H and O–H groups in total. The van der Waals surface area contributed by atoms with Gasteiger partial charge < -0.3 is 15.0 Å². The highest BCUT2D eigenvalue weighted by atomic mass is 33.1. The number of alkyl carbamates (subject to hydrolysis) is 1. The molecule has 0 aromatic carbocycles. The van der Waals surface area contributed by atoms with Crippen LogP contribution in [-0.4, -0.2) is 56.3 Å². The van der Waals surface area contributed by atoms with Gasteiger partial charge in [0.25, 0.3) is 0 Å². The van der Waals surface area contributed by atoms with Crippen LogP contribution in [0.4, 0.5) is 4.79 Å². The van der Waals surface area contributed by atoms with E-state index in [0.29, 0.717) is 13.2 Å². The standard InChI is InChI=1S/C20H40N2O2S2/c1-4-5-6-7-8-9-10-11-12-13-18-25-26-19-15-21-20(23)24-17-14-16-22(2)3/h11-12H,4-10,13-19H2,1-3H3,(H,21,23)/b12-11-. The smallest absolute Gasteiger partial charge is 0.407 e. The van der Waals surface area contributed by atoms with Crippen LogP contribution >= 0.6 is 21.6 Å². The van der Waals surface area contributed by atoms with Crippen LogP contribution in [0.15, 0.2) is 12.2 Å². The first kappa shape index (κ1) is 25.7. The van der Waals surface area contributed by atoms with Crippen molar-refractivity contribution in [2.45, 2.75) is 64.7 Å². The number of carbonyl (C=O) groups is 1. The van der Waals surface area contributed by atoms with E-state index in [2.05, 4.69) is 29.3 Å².